The molecule has 0 aromatic carbocycles. The summed E-state index contributed by atoms with van der Waals surface area (Å²) in [7, 11) is 0. The number of carbonyl (C=O) groups excluding carboxylic acids is 1. The van der Waals surface area contributed by atoms with Gasteiger partial charge in [0.25, 0.3) is 0 Å². The molecule has 4 nitrogen and oxygen atoms in total. The standard InChI is InChI=1S/C16H28N2O2/c1-14(2,3)20-13(19)18-16-7-11-4-12(8-16)6-15(5-11,9-16)10-17/h11-12H,4-10,17H2,1-3H3,(H,18,19). The van der Waals surface area contributed by atoms with Gasteiger partial charge < -0.3 is 15.8 Å². The maximum absolute atomic E-state index is 12.2. The molecule has 0 aliphatic heterocycles. The van der Waals surface area contributed by atoms with E-state index in [4.69, 9.17) is 10.5 Å². The minimum Gasteiger partial charge on any atom is -0.444 e. The van der Waals surface area contributed by atoms with Gasteiger partial charge in [-0.15, -0.1) is 0 Å². The zero-order valence-corrected chi connectivity index (χ0v) is 13.0. The lowest BCUT2D eigenvalue weighted by atomic mass is 9.47. The molecule has 0 spiro atoms. The van der Waals surface area contributed by atoms with Crippen molar-refractivity contribution < 1.29 is 9.53 Å². The van der Waals surface area contributed by atoms with Gasteiger partial charge in [-0.25, -0.2) is 4.79 Å². The average Bonchev–Trinajstić information content (AvgIpc) is 2.23. The van der Waals surface area contributed by atoms with E-state index >= 15 is 0 Å². The second-order valence-electron chi connectivity index (χ2n) is 8.57. The van der Waals surface area contributed by atoms with Crippen LogP contribution in [-0.2, 0) is 4.74 Å². The molecule has 2 unspecified atom stereocenters. The van der Waals surface area contributed by atoms with Crippen molar-refractivity contribution in [3.8, 4) is 0 Å². The molecule has 20 heavy (non-hydrogen) atoms. The highest BCUT2D eigenvalue weighted by Gasteiger charge is 2.57. The Bertz CT molecular complexity index is 399. The van der Waals surface area contributed by atoms with Gasteiger partial charge in [-0.2, -0.15) is 0 Å². The third-order valence-electron chi connectivity index (χ3n) is 5.38. The van der Waals surface area contributed by atoms with Crippen LogP contribution < -0.4 is 11.1 Å². The molecule has 4 saturated carbocycles. The van der Waals surface area contributed by atoms with Crippen molar-refractivity contribution in [2.45, 2.75) is 70.4 Å². The molecule has 0 aromatic heterocycles. The molecule has 4 heteroatoms. The minimum atomic E-state index is -0.433. The smallest absolute Gasteiger partial charge is 0.408 e. The molecule has 4 rings (SSSR count). The number of nitrogens with two attached hydrogens (primary N) is 1. The van der Waals surface area contributed by atoms with E-state index in [1.165, 1.54) is 19.3 Å². The van der Waals surface area contributed by atoms with Crippen LogP contribution in [0.15, 0.2) is 0 Å². The van der Waals surface area contributed by atoms with Gasteiger partial charge in [-0.05, 0) is 83.1 Å². The average molecular weight is 280 g/mol. The molecule has 4 aliphatic rings. The van der Waals surface area contributed by atoms with Crippen LogP contribution in [0.4, 0.5) is 4.79 Å². The first-order valence-electron chi connectivity index (χ1n) is 7.94. The fraction of sp³-hybridized carbons (Fsp3) is 0.938. The maximum Gasteiger partial charge on any atom is 0.408 e. The first kappa shape index (κ1) is 14.2. The van der Waals surface area contributed by atoms with Gasteiger partial charge in [0.15, 0.2) is 0 Å². The Hall–Kier alpha value is -0.770. The monoisotopic (exact) mass is 280 g/mol. The Morgan fingerprint density at radius 1 is 1.25 bits per heavy atom. The molecule has 3 N–H and O–H groups in total. The molecule has 2 atom stereocenters. The summed E-state index contributed by atoms with van der Waals surface area (Å²) in [5, 5.41) is 3.22. The van der Waals surface area contributed by atoms with Crippen LogP contribution in [0, 0.1) is 17.3 Å². The molecule has 114 valence electrons. The van der Waals surface area contributed by atoms with Crippen LogP contribution in [0.5, 0.6) is 0 Å². The zero-order valence-electron chi connectivity index (χ0n) is 13.0. The van der Waals surface area contributed by atoms with Crippen LogP contribution in [-0.4, -0.2) is 23.8 Å². The highest BCUT2D eigenvalue weighted by molar-refractivity contribution is 5.69. The van der Waals surface area contributed by atoms with Crippen molar-refractivity contribution in [3.63, 3.8) is 0 Å². The fourth-order valence-corrected chi connectivity index (χ4v) is 5.36. The predicted octanol–water partition coefficient (Wildman–Crippen LogP) is 2.81. The van der Waals surface area contributed by atoms with Gasteiger partial charge in [-0.1, -0.05) is 0 Å². The maximum atomic E-state index is 12.2. The van der Waals surface area contributed by atoms with E-state index in [2.05, 4.69) is 5.32 Å². The number of hydrogen-bond donors (Lipinski definition) is 2. The van der Waals surface area contributed by atoms with E-state index < -0.39 is 5.60 Å². The predicted molar refractivity (Wildman–Crippen MR) is 78.3 cm³/mol. The van der Waals surface area contributed by atoms with Crippen molar-refractivity contribution in [2.24, 2.45) is 23.0 Å². The summed E-state index contributed by atoms with van der Waals surface area (Å²) in [6.07, 6.45) is 6.87. The lowest BCUT2D eigenvalue weighted by Gasteiger charge is -2.62. The highest BCUT2D eigenvalue weighted by Crippen LogP contribution is 2.61. The summed E-state index contributed by atoms with van der Waals surface area (Å²) in [4.78, 5) is 12.2. The molecule has 0 heterocycles. The van der Waals surface area contributed by atoms with E-state index in [0.29, 0.717) is 0 Å². The van der Waals surface area contributed by atoms with E-state index in [1.807, 2.05) is 20.8 Å². The number of hydrogen-bond acceptors (Lipinski definition) is 3. The summed E-state index contributed by atoms with van der Waals surface area (Å²) >= 11 is 0. The summed E-state index contributed by atoms with van der Waals surface area (Å²) in [5.41, 5.74) is 5.87. The molecule has 1 amide bonds. The summed E-state index contributed by atoms with van der Waals surface area (Å²) in [5.74, 6) is 1.49. The van der Waals surface area contributed by atoms with E-state index in [-0.39, 0.29) is 17.0 Å². The van der Waals surface area contributed by atoms with Crippen molar-refractivity contribution in [1.29, 1.82) is 0 Å². The lowest BCUT2D eigenvalue weighted by Crippen LogP contribution is -2.64. The Labute approximate surface area is 121 Å². The fourth-order valence-electron chi connectivity index (χ4n) is 5.36. The number of amides is 1. The number of nitrogens with one attached hydrogen (secondary N) is 1. The van der Waals surface area contributed by atoms with Crippen molar-refractivity contribution in [1.82, 2.24) is 5.32 Å². The van der Waals surface area contributed by atoms with Crippen LogP contribution in [0.1, 0.15) is 59.3 Å². The molecular weight excluding hydrogens is 252 g/mol. The van der Waals surface area contributed by atoms with Crippen LogP contribution in [0.2, 0.25) is 0 Å². The molecule has 4 aliphatic carbocycles. The van der Waals surface area contributed by atoms with Gasteiger partial charge in [0.1, 0.15) is 5.60 Å². The first-order chi connectivity index (χ1) is 9.23. The number of alkyl carbamates (subject to hydrolysis) is 1. The first-order valence-corrected chi connectivity index (χ1v) is 7.94. The van der Waals surface area contributed by atoms with E-state index in [1.54, 1.807) is 0 Å². The quantitative estimate of drug-likeness (QED) is 0.817. The molecular formula is C16H28N2O2. The number of carbonyl (C=O) groups is 1. The number of ether oxygens (including phenoxy) is 1. The van der Waals surface area contributed by atoms with Crippen molar-refractivity contribution >= 4 is 6.09 Å². The second-order valence-corrected chi connectivity index (χ2v) is 8.57. The van der Waals surface area contributed by atoms with Gasteiger partial charge in [-0.3, -0.25) is 0 Å². The SMILES string of the molecule is CC(C)(C)OC(=O)NC12CC3CC(CC(CN)(C3)C1)C2. The summed E-state index contributed by atoms with van der Waals surface area (Å²) in [6, 6.07) is 0. The second kappa shape index (κ2) is 4.36. The van der Waals surface area contributed by atoms with Crippen LogP contribution >= 0.6 is 0 Å². The third-order valence-corrected chi connectivity index (χ3v) is 5.38. The normalized spacial score (nSPS) is 42.6. The summed E-state index contributed by atoms with van der Waals surface area (Å²) < 4.78 is 5.46. The van der Waals surface area contributed by atoms with Crippen molar-refractivity contribution in [3.05, 3.63) is 0 Å². The molecule has 4 fully saturated rings. The van der Waals surface area contributed by atoms with E-state index in [0.717, 1.165) is 37.6 Å². The Kier molecular flexibility index (Phi) is 3.09. The van der Waals surface area contributed by atoms with Crippen LogP contribution in [0.3, 0.4) is 0 Å². The molecule has 0 aromatic rings. The Morgan fingerprint density at radius 3 is 2.35 bits per heavy atom. The zero-order chi connectivity index (χ0) is 14.6. The van der Waals surface area contributed by atoms with Gasteiger partial charge >= 0.3 is 6.09 Å². The van der Waals surface area contributed by atoms with Crippen molar-refractivity contribution in [2.75, 3.05) is 6.54 Å². The third kappa shape index (κ3) is 2.54. The molecule has 4 bridgehead atoms. The highest BCUT2D eigenvalue weighted by atomic mass is 16.6. The Balaban J connectivity index is 1.74. The van der Waals surface area contributed by atoms with E-state index in [9.17, 15) is 4.79 Å². The van der Waals surface area contributed by atoms with Gasteiger partial charge in [0.05, 0.1) is 0 Å². The number of rotatable bonds is 2. The van der Waals surface area contributed by atoms with Crippen LogP contribution in [0.25, 0.3) is 0 Å². The topological polar surface area (TPSA) is 64.3 Å². The Morgan fingerprint density at radius 2 is 1.85 bits per heavy atom. The largest absolute Gasteiger partial charge is 0.444 e. The molecule has 0 radical (unpaired) electrons. The van der Waals surface area contributed by atoms with Gasteiger partial charge in [0.2, 0.25) is 0 Å². The molecule has 0 saturated heterocycles. The minimum absolute atomic E-state index is 0.0498. The van der Waals surface area contributed by atoms with Gasteiger partial charge in [0, 0.05) is 5.54 Å². The lowest BCUT2D eigenvalue weighted by molar-refractivity contribution is -0.0773. The summed E-state index contributed by atoms with van der Waals surface area (Å²) in [6.45, 7) is 6.49.